The van der Waals surface area contributed by atoms with Crippen molar-refractivity contribution in [3.05, 3.63) is 63.4 Å². The zero-order chi connectivity index (χ0) is 20.2. The van der Waals surface area contributed by atoms with Crippen LogP contribution in [-0.2, 0) is 11.3 Å². The zero-order valence-corrected chi connectivity index (χ0v) is 15.9. The number of aromatic nitrogens is 4. The minimum absolute atomic E-state index is 0.0622. The maximum Gasteiger partial charge on any atom is 0.316 e. The molecule has 0 aliphatic carbocycles. The van der Waals surface area contributed by atoms with Gasteiger partial charge in [-0.2, -0.15) is 0 Å². The number of hydrogen-bond donors (Lipinski definition) is 2. The average molecular weight is 394 g/mol. The average Bonchev–Trinajstić information content (AvgIpc) is 2.77. The molecule has 4 rings (SSSR count). The van der Waals surface area contributed by atoms with Crippen LogP contribution in [0.1, 0.15) is 12.8 Å². The van der Waals surface area contributed by atoms with E-state index in [9.17, 15) is 14.4 Å². The van der Waals surface area contributed by atoms with Gasteiger partial charge in [0.25, 0.3) is 0 Å². The number of benzene rings is 1. The number of carbonyl (C=O) groups excluding carboxylic acids is 1. The van der Waals surface area contributed by atoms with Gasteiger partial charge >= 0.3 is 11.1 Å². The fourth-order valence-corrected chi connectivity index (χ4v) is 3.71. The number of anilines is 1. The van der Waals surface area contributed by atoms with Crippen molar-refractivity contribution < 1.29 is 4.79 Å². The molecule has 1 aliphatic heterocycles. The molecule has 1 amide bonds. The summed E-state index contributed by atoms with van der Waals surface area (Å²) in [5.41, 5.74) is -0.0607. The third-order valence-electron chi connectivity index (χ3n) is 5.14. The first-order chi connectivity index (χ1) is 14.1. The van der Waals surface area contributed by atoms with E-state index in [-0.39, 0.29) is 24.9 Å². The van der Waals surface area contributed by atoms with Crippen LogP contribution in [-0.4, -0.2) is 45.1 Å². The smallest absolute Gasteiger partial charge is 0.316 e. The molecule has 1 atom stereocenters. The molecule has 3 aromatic rings. The number of nitrogens with zero attached hydrogens (tertiary/aromatic N) is 4. The molecule has 9 heteroatoms. The van der Waals surface area contributed by atoms with Crippen LogP contribution in [0.25, 0.3) is 11.0 Å². The number of H-pyrrole nitrogens is 1. The Labute approximate surface area is 166 Å². The first-order valence-corrected chi connectivity index (χ1v) is 9.65. The number of piperidine rings is 1. The van der Waals surface area contributed by atoms with Crippen LogP contribution < -0.4 is 21.3 Å². The lowest BCUT2D eigenvalue weighted by Gasteiger charge is -2.31. The molecule has 1 aromatic carbocycles. The summed E-state index contributed by atoms with van der Waals surface area (Å²) >= 11 is 0. The van der Waals surface area contributed by atoms with Crippen molar-refractivity contribution in [2.45, 2.75) is 19.4 Å². The highest BCUT2D eigenvalue weighted by atomic mass is 16.2. The number of aromatic amines is 1. The number of para-hydroxylation sites is 2. The lowest BCUT2D eigenvalue weighted by Crippen LogP contribution is -2.45. The Hall–Kier alpha value is -3.49. The summed E-state index contributed by atoms with van der Waals surface area (Å²) in [4.78, 5) is 49.9. The number of nitrogens with one attached hydrogen (secondary N) is 2. The quantitative estimate of drug-likeness (QED) is 0.610. The van der Waals surface area contributed by atoms with E-state index in [2.05, 4.69) is 20.3 Å². The second-order valence-corrected chi connectivity index (χ2v) is 7.05. The predicted octanol–water partition coefficient (Wildman–Crippen LogP) is 0.513. The molecule has 0 unspecified atom stereocenters. The highest BCUT2D eigenvalue weighted by molar-refractivity contribution is 5.79. The van der Waals surface area contributed by atoms with Gasteiger partial charge in [0.15, 0.2) is 0 Å². The largest absolute Gasteiger partial charge is 0.354 e. The molecule has 2 N–H and O–H groups in total. The Kier molecular flexibility index (Phi) is 5.37. The van der Waals surface area contributed by atoms with Gasteiger partial charge in [-0.15, -0.1) is 0 Å². The fourth-order valence-electron chi connectivity index (χ4n) is 3.71. The third-order valence-corrected chi connectivity index (χ3v) is 5.14. The predicted molar refractivity (Wildman–Crippen MR) is 109 cm³/mol. The van der Waals surface area contributed by atoms with Crippen LogP contribution in [0.15, 0.2) is 52.3 Å². The summed E-state index contributed by atoms with van der Waals surface area (Å²) < 4.78 is 1.40. The Morgan fingerprint density at radius 3 is 2.79 bits per heavy atom. The molecular weight excluding hydrogens is 372 g/mol. The van der Waals surface area contributed by atoms with Crippen molar-refractivity contribution >= 4 is 22.9 Å². The molecule has 1 saturated heterocycles. The van der Waals surface area contributed by atoms with Crippen LogP contribution in [0.4, 0.5) is 5.95 Å². The number of fused-ring (bicyclic) bond motifs is 1. The van der Waals surface area contributed by atoms with E-state index in [0.29, 0.717) is 23.5 Å². The van der Waals surface area contributed by atoms with Gasteiger partial charge in [0, 0.05) is 38.6 Å². The number of rotatable bonds is 5. The minimum Gasteiger partial charge on any atom is -0.354 e. The standard InChI is InChI=1S/C20H22N6O3/c27-17(14-5-3-11-25(13-14)20-22-8-4-9-23-20)21-10-12-26-16-7-2-1-6-15(16)24-18(28)19(26)29/h1-2,4,6-9,14H,3,5,10-13H2,(H,21,27)(H,24,28)/t14-/m1/s1. The van der Waals surface area contributed by atoms with Gasteiger partial charge in [0.05, 0.1) is 17.0 Å². The van der Waals surface area contributed by atoms with E-state index >= 15 is 0 Å². The highest BCUT2D eigenvalue weighted by Gasteiger charge is 2.26. The molecule has 1 aliphatic rings. The molecule has 0 saturated carbocycles. The molecule has 0 spiro atoms. The van der Waals surface area contributed by atoms with Crippen molar-refractivity contribution in [1.29, 1.82) is 0 Å². The lowest BCUT2D eigenvalue weighted by molar-refractivity contribution is -0.125. The van der Waals surface area contributed by atoms with Crippen molar-refractivity contribution in [3.63, 3.8) is 0 Å². The van der Waals surface area contributed by atoms with Gasteiger partial charge in [-0.3, -0.25) is 14.4 Å². The highest BCUT2D eigenvalue weighted by Crippen LogP contribution is 2.20. The van der Waals surface area contributed by atoms with Crippen LogP contribution >= 0.6 is 0 Å². The second kappa shape index (κ2) is 8.26. The Morgan fingerprint density at radius 2 is 1.97 bits per heavy atom. The zero-order valence-electron chi connectivity index (χ0n) is 15.9. The molecule has 150 valence electrons. The van der Waals surface area contributed by atoms with E-state index < -0.39 is 11.1 Å². The van der Waals surface area contributed by atoms with Gasteiger partial charge in [-0.05, 0) is 31.0 Å². The van der Waals surface area contributed by atoms with Crippen LogP contribution in [0.5, 0.6) is 0 Å². The Morgan fingerprint density at radius 1 is 1.17 bits per heavy atom. The van der Waals surface area contributed by atoms with Crippen molar-refractivity contribution in [2.24, 2.45) is 5.92 Å². The summed E-state index contributed by atoms with van der Waals surface area (Å²) in [5.74, 6) is 0.402. The van der Waals surface area contributed by atoms with Gasteiger partial charge < -0.3 is 19.8 Å². The van der Waals surface area contributed by atoms with Crippen LogP contribution in [0.3, 0.4) is 0 Å². The van der Waals surface area contributed by atoms with E-state index in [4.69, 9.17) is 0 Å². The van der Waals surface area contributed by atoms with Crippen LogP contribution in [0, 0.1) is 5.92 Å². The topological polar surface area (TPSA) is 113 Å². The Balaban J connectivity index is 1.41. The first-order valence-electron chi connectivity index (χ1n) is 9.65. The lowest BCUT2D eigenvalue weighted by atomic mass is 9.97. The van der Waals surface area contributed by atoms with Crippen molar-refractivity contribution in [1.82, 2.24) is 24.8 Å². The van der Waals surface area contributed by atoms with E-state index in [1.54, 1.807) is 42.7 Å². The molecule has 2 aromatic heterocycles. The van der Waals surface area contributed by atoms with Crippen molar-refractivity contribution in [2.75, 3.05) is 24.5 Å². The minimum atomic E-state index is -0.666. The van der Waals surface area contributed by atoms with Gasteiger partial charge in [0.2, 0.25) is 11.9 Å². The van der Waals surface area contributed by atoms with Gasteiger partial charge in [0.1, 0.15) is 0 Å². The number of carbonyl (C=O) groups is 1. The van der Waals surface area contributed by atoms with Gasteiger partial charge in [-0.25, -0.2) is 9.97 Å². The molecule has 29 heavy (non-hydrogen) atoms. The van der Waals surface area contributed by atoms with E-state index in [0.717, 1.165) is 19.4 Å². The molecular formula is C20H22N6O3. The summed E-state index contributed by atoms with van der Waals surface area (Å²) in [5, 5.41) is 2.91. The summed E-state index contributed by atoms with van der Waals surface area (Å²) in [7, 11) is 0. The molecule has 0 radical (unpaired) electrons. The SMILES string of the molecule is O=C(NCCn1c(=O)c(=O)[nH]c2ccccc21)[C@@H]1CCCN(c2ncccn2)C1. The first kappa shape index (κ1) is 18.9. The Bertz CT molecular complexity index is 1120. The maximum atomic E-state index is 12.6. The number of amides is 1. The monoisotopic (exact) mass is 394 g/mol. The van der Waals surface area contributed by atoms with Crippen molar-refractivity contribution in [3.8, 4) is 0 Å². The summed E-state index contributed by atoms with van der Waals surface area (Å²) in [6.45, 7) is 1.88. The third kappa shape index (κ3) is 4.03. The summed E-state index contributed by atoms with van der Waals surface area (Å²) in [6.07, 6.45) is 5.06. The maximum absolute atomic E-state index is 12.6. The number of hydrogen-bond acceptors (Lipinski definition) is 6. The molecule has 9 nitrogen and oxygen atoms in total. The fraction of sp³-hybridized carbons (Fsp3) is 0.350. The van der Waals surface area contributed by atoms with Gasteiger partial charge in [-0.1, -0.05) is 12.1 Å². The van der Waals surface area contributed by atoms with E-state index in [1.165, 1.54) is 4.57 Å². The molecule has 0 bridgehead atoms. The van der Waals surface area contributed by atoms with E-state index in [1.807, 2.05) is 4.90 Å². The van der Waals surface area contributed by atoms with Crippen LogP contribution in [0.2, 0.25) is 0 Å². The summed E-state index contributed by atoms with van der Waals surface area (Å²) in [6, 6.07) is 8.87. The molecule has 1 fully saturated rings. The normalized spacial score (nSPS) is 16.7. The second-order valence-electron chi connectivity index (χ2n) is 7.05. The molecule has 3 heterocycles.